The van der Waals surface area contributed by atoms with Crippen LogP contribution in [0.25, 0.3) is 34.2 Å². The maximum absolute atomic E-state index is 4.92. The van der Waals surface area contributed by atoms with Crippen molar-refractivity contribution in [2.45, 2.75) is 19.3 Å². The number of hydrogen-bond acceptors (Lipinski definition) is 6. The summed E-state index contributed by atoms with van der Waals surface area (Å²) in [5, 5.41) is 9.33. The van der Waals surface area contributed by atoms with Gasteiger partial charge in [0, 0.05) is 41.6 Å². The van der Waals surface area contributed by atoms with Gasteiger partial charge in [0.1, 0.15) is 0 Å². The van der Waals surface area contributed by atoms with Crippen LogP contribution in [0.4, 0.5) is 0 Å². The normalized spacial score (nSPS) is 11.2. The fraction of sp³-hybridized carbons (Fsp3) is 0.103. The Hall–Kier alpha value is -4.29. The van der Waals surface area contributed by atoms with E-state index in [9.17, 15) is 0 Å². The zero-order valence-electron chi connectivity index (χ0n) is 20.6. The number of hydrogen-bond donors (Lipinski definition) is 0. The van der Waals surface area contributed by atoms with Crippen molar-refractivity contribution in [2.24, 2.45) is 0 Å². The zero-order valence-corrected chi connectivity index (χ0v) is 22.9. The summed E-state index contributed by atoms with van der Waals surface area (Å²) in [6.45, 7) is 4.21. The Morgan fingerprint density at radius 3 is 1.45 bits per heavy atom. The molecule has 0 fully saturated rings. The Morgan fingerprint density at radius 2 is 1.03 bits per heavy atom. The molecule has 6 aromatic heterocycles. The van der Waals surface area contributed by atoms with Crippen molar-refractivity contribution in [1.29, 1.82) is 0 Å². The third-order valence-corrected chi connectivity index (χ3v) is 6.20. The van der Waals surface area contributed by atoms with Gasteiger partial charge in [-0.2, -0.15) is 0 Å². The van der Waals surface area contributed by atoms with Gasteiger partial charge in [-0.1, -0.05) is 47.8 Å². The molecule has 0 aliphatic rings. The summed E-state index contributed by atoms with van der Waals surface area (Å²) in [7, 11) is 0. The van der Waals surface area contributed by atoms with Crippen LogP contribution in [0.2, 0.25) is 0 Å². The van der Waals surface area contributed by atoms with Crippen molar-refractivity contribution in [3.05, 3.63) is 121 Å². The van der Waals surface area contributed by atoms with E-state index < -0.39 is 5.41 Å². The monoisotopic (exact) mass is 677 g/mol. The van der Waals surface area contributed by atoms with Crippen LogP contribution in [0.3, 0.4) is 0 Å². The van der Waals surface area contributed by atoms with Gasteiger partial charge in [0.05, 0.1) is 11.6 Å². The number of rotatable bonds is 6. The number of nitrogens with zero attached hydrogens (tertiary/aromatic N) is 8. The van der Waals surface area contributed by atoms with E-state index in [1.165, 1.54) is 0 Å². The Kier molecular flexibility index (Phi) is 7.07. The van der Waals surface area contributed by atoms with Crippen molar-refractivity contribution in [2.75, 3.05) is 0 Å². The number of aromatic nitrogens is 8. The molecule has 9 heteroatoms. The second kappa shape index (κ2) is 10.6. The largest absolute Gasteiger partial charge is 2.00 e. The molecule has 0 saturated heterocycles. The molecule has 6 heterocycles. The third-order valence-electron chi connectivity index (χ3n) is 6.20. The van der Waals surface area contributed by atoms with Crippen LogP contribution in [-0.4, -0.2) is 39.5 Å². The predicted molar refractivity (Wildman–Crippen MR) is 139 cm³/mol. The molecule has 188 valence electrons. The van der Waals surface area contributed by atoms with Crippen LogP contribution in [0.15, 0.2) is 97.6 Å². The van der Waals surface area contributed by atoms with E-state index in [-0.39, 0.29) is 21.1 Å². The Labute approximate surface area is 234 Å². The smallest absolute Gasteiger partial charge is 0.343 e. The molecule has 0 aromatic carbocycles. The predicted octanol–water partition coefficient (Wildman–Crippen LogP) is 4.90. The summed E-state index contributed by atoms with van der Waals surface area (Å²) in [6, 6.07) is 23.2. The Balaban J connectivity index is 0.00000294. The molecule has 0 unspecified atom stereocenters. The Bertz CT molecular complexity index is 1540. The average molecular weight is 678 g/mol. The van der Waals surface area contributed by atoms with E-state index >= 15 is 0 Å². The molecule has 0 N–H and O–H groups in total. The van der Waals surface area contributed by atoms with Crippen LogP contribution in [0.1, 0.15) is 25.2 Å². The van der Waals surface area contributed by atoms with Crippen molar-refractivity contribution in [3.63, 3.8) is 0 Å². The van der Waals surface area contributed by atoms with Gasteiger partial charge < -0.3 is 9.36 Å². The van der Waals surface area contributed by atoms with Gasteiger partial charge in [-0.3, -0.25) is 30.1 Å². The van der Waals surface area contributed by atoms with E-state index in [1.54, 1.807) is 34.2 Å². The minimum Gasteiger partial charge on any atom is -0.343 e. The van der Waals surface area contributed by atoms with Crippen molar-refractivity contribution in [3.8, 4) is 34.2 Å². The second-order valence-corrected chi connectivity index (χ2v) is 9.00. The van der Waals surface area contributed by atoms with Crippen LogP contribution in [0, 0.1) is 12.4 Å². The maximum atomic E-state index is 4.92. The molecule has 0 aliphatic heterocycles. The minimum atomic E-state index is -0.478. The van der Waals surface area contributed by atoms with Crippen molar-refractivity contribution < 1.29 is 21.1 Å². The molecule has 0 radical (unpaired) electrons. The first-order valence-electron chi connectivity index (χ1n) is 11.8. The molecule has 6 rings (SSSR count). The Morgan fingerprint density at radius 1 is 0.605 bits per heavy atom. The molecule has 0 aliphatic carbocycles. The maximum Gasteiger partial charge on any atom is 2.00 e. The molecule has 0 bridgehead atoms. The minimum absolute atomic E-state index is 0. The van der Waals surface area contributed by atoms with E-state index in [2.05, 4.69) is 46.4 Å². The molecule has 0 spiro atoms. The third kappa shape index (κ3) is 4.95. The average Bonchev–Trinajstić information content (AvgIpc) is 3.65. The number of pyridine rings is 4. The van der Waals surface area contributed by atoms with Crippen LogP contribution < -0.4 is 0 Å². The second-order valence-electron chi connectivity index (χ2n) is 9.00. The molecule has 0 saturated carbocycles. The van der Waals surface area contributed by atoms with Gasteiger partial charge in [0.25, 0.3) is 0 Å². The molecule has 6 aromatic rings. The molecule has 38 heavy (non-hydrogen) atoms. The van der Waals surface area contributed by atoms with Crippen LogP contribution in [-0.2, 0) is 26.5 Å². The quantitative estimate of drug-likeness (QED) is 0.234. The molecule has 8 nitrogen and oxygen atoms in total. The summed E-state index contributed by atoms with van der Waals surface area (Å²) in [5.74, 6) is 1.37. The van der Waals surface area contributed by atoms with E-state index in [0.29, 0.717) is 11.6 Å². The van der Waals surface area contributed by atoms with E-state index in [4.69, 9.17) is 9.97 Å². The van der Waals surface area contributed by atoms with Gasteiger partial charge in [-0.25, -0.2) is 0 Å². The standard InChI is InChI=1S/C29H22N8.Pt/c1-29(2,25-5-3-7-27(32-25)36-19-13-23(34-36)21-9-15-30-16-10-21)26-6-4-8-28(33-26)37-20-14-24(35-37)22-11-17-31-18-12-22;/h3-18H,1-2H3;/q-2;+2. The SMILES string of the molecule is CC(C)(c1cccc(-n2[c-]cc(-c3ccncc3)n2)n1)c1cccc(-n2[c-]cc(-c3ccncc3)n2)n1.[Pt+2]. The molecular weight excluding hydrogens is 655 g/mol. The molecule has 0 atom stereocenters. The van der Waals surface area contributed by atoms with E-state index in [1.807, 2.05) is 72.8 Å². The fourth-order valence-electron chi connectivity index (χ4n) is 4.05. The molecule has 0 amide bonds. The van der Waals surface area contributed by atoms with Gasteiger partial charge >= 0.3 is 21.1 Å². The van der Waals surface area contributed by atoms with Crippen molar-refractivity contribution >= 4 is 0 Å². The summed E-state index contributed by atoms with van der Waals surface area (Å²) in [5.41, 5.74) is 4.83. The summed E-state index contributed by atoms with van der Waals surface area (Å²) >= 11 is 0. The van der Waals surface area contributed by atoms with Crippen LogP contribution >= 0.6 is 0 Å². The van der Waals surface area contributed by atoms with Gasteiger partial charge in [0.2, 0.25) is 0 Å². The molecular formula is C29H22N8Pt. The van der Waals surface area contributed by atoms with Crippen LogP contribution in [0.5, 0.6) is 0 Å². The van der Waals surface area contributed by atoms with E-state index in [0.717, 1.165) is 33.9 Å². The van der Waals surface area contributed by atoms with Gasteiger partial charge in [0.15, 0.2) is 0 Å². The first-order valence-corrected chi connectivity index (χ1v) is 11.8. The fourth-order valence-corrected chi connectivity index (χ4v) is 4.05. The first kappa shape index (κ1) is 25.4. The topological polar surface area (TPSA) is 87.2 Å². The van der Waals surface area contributed by atoms with Gasteiger partial charge in [-0.05, 0) is 61.6 Å². The summed E-state index contributed by atoms with van der Waals surface area (Å²) in [4.78, 5) is 18.0. The first-order chi connectivity index (χ1) is 18.1. The van der Waals surface area contributed by atoms with Gasteiger partial charge in [-0.15, -0.1) is 12.1 Å². The summed E-state index contributed by atoms with van der Waals surface area (Å²) in [6.07, 6.45) is 13.3. The van der Waals surface area contributed by atoms with Crippen molar-refractivity contribution in [1.82, 2.24) is 39.5 Å². The summed E-state index contributed by atoms with van der Waals surface area (Å²) < 4.78 is 3.33. The zero-order chi connectivity index (χ0) is 25.2.